The smallest absolute Gasteiger partial charge is 0.360 e. The summed E-state index contributed by atoms with van der Waals surface area (Å²) in [6.45, 7) is 1.80. The highest BCUT2D eigenvalue weighted by atomic mass is 32.1. The Balaban J connectivity index is 2.24. The molecule has 0 amide bonds. The summed E-state index contributed by atoms with van der Waals surface area (Å²) in [7, 11) is 0. The summed E-state index contributed by atoms with van der Waals surface area (Å²) in [6.07, 6.45) is 0. The molecule has 114 valence electrons. The Labute approximate surface area is 135 Å². The molecule has 0 aliphatic rings. The van der Waals surface area contributed by atoms with Gasteiger partial charge in [0, 0.05) is 5.56 Å². The van der Waals surface area contributed by atoms with Crippen molar-refractivity contribution >= 4 is 27.5 Å². The molecule has 0 atom stereocenters. The van der Waals surface area contributed by atoms with Gasteiger partial charge in [-0.1, -0.05) is 30.3 Å². The van der Waals surface area contributed by atoms with Gasteiger partial charge >= 0.3 is 5.97 Å². The van der Waals surface area contributed by atoms with Crippen LogP contribution in [-0.2, 0) is 4.74 Å². The molecule has 0 aliphatic carbocycles. The summed E-state index contributed by atoms with van der Waals surface area (Å²) in [5.74, 6) is -1.07. The average molecular weight is 325 g/mol. The standard InChI is InChI=1S/C16H11N3O3S/c1-2-22-16(21)12-13(20)14-11(10(8-17)18-12)19-15(23-14)9-6-4-3-5-7-9/h3-7,20H,2H2,1H3. The quantitative estimate of drug-likeness (QED) is 0.743. The number of rotatable bonds is 3. The number of thiazole rings is 1. The number of nitriles is 1. The van der Waals surface area contributed by atoms with Crippen molar-refractivity contribution in [3.8, 4) is 22.4 Å². The zero-order valence-corrected chi connectivity index (χ0v) is 12.9. The molecule has 3 rings (SSSR count). The van der Waals surface area contributed by atoms with Crippen LogP contribution in [0.1, 0.15) is 23.1 Å². The maximum Gasteiger partial charge on any atom is 0.360 e. The molecule has 0 saturated heterocycles. The van der Waals surface area contributed by atoms with E-state index in [1.807, 2.05) is 36.4 Å². The van der Waals surface area contributed by atoms with Gasteiger partial charge < -0.3 is 9.84 Å². The number of fused-ring (bicyclic) bond motifs is 1. The largest absolute Gasteiger partial charge is 0.504 e. The predicted octanol–water partition coefficient (Wildman–Crippen LogP) is 3.11. The highest BCUT2D eigenvalue weighted by molar-refractivity contribution is 7.22. The number of carbonyl (C=O) groups excluding carboxylic acids is 1. The molecule has 0 aliphatic heterocycles. The lowest BCUT2D eigenvalue weighted by Gasteiger charge is -2.04. The predicted molar refractivity (Wildman–Crippen MR) is 85.2 cm³/mol. The highest BCUT2D eigenvalue weighted by Crippen LogP contribution is 2.38. The number of esters is 1. The van der Waals surface area contributed by atoms with Crippen LogP contribution in [0.2, 0.25) is 0 Å². The van der Waals surface area contributed by atoms with Crippen LogP contribution in [0.25, 0.3) is 20.8 Å². The number of aromatic hydroxyl groups is 1. The van der Waals surface area contributed by atoms with Crippen molar-refractivity contribution in [3.63, 3.8) is 0 Å². The molecule has 0 unspecified atom stereocenters. The summed E-state index contributed by atoms with van der Waals surface area (Å²) in [4.78, 5) is 20.2. The molecule has 2 aromatic heterocycles. The number of aromatic nitrogens is 2. The van der Waals surface area contributed by atoms with Gasteiger partial charge in [-0.2, -0.15) is 5.26 Å². The molecule has 3 aromatic rings. The SMILES string of the molecule is CCOC(=O)c1nc(C#N)c2nc(-c3ccccc3)sc2c1O. The van der Waals surface area contributed by atoms with E-state index in [-0.39, 0.29) is 29.3 Å². The molecule has 6 nitrogen and oxygen atoms in total. The van der Waals surface area contributed by atoms with Crippen LogP contribution in [0.15, 0.2) is 30.3 Å². The number of hydrogen-bond acceptors (Lipinski definition) is 7. The lowest BCUT2D eigenvalue weighted by Crippen LogP contribution is -2.08. The number of benzene rings is 1. The summed E-state index contributed by atoms with van der Waals surface area (Å²) in [5, 5.41) is 20.2. The Morgan fingerprint density at radius 2 is 2.09 bits per heavy atom. The van der Waals surface area contributed by atoms with Gasteiger partial charge in [-0.05, 0) is 6.92 Å². The Morgan fingerprint density at radius 3 is 2.74 bits per heavy atom. The number of carbonyl (C=O) groups is 1. The number of nitrogens with zero attached hydrogens (tertiary/aromatic N) is 3. The van der Waals surface area contributed by atoms with Gasteiger partial charge in [0.25, 0.3) is 0 Å². The molecule has 1 aromatic carbocycles. The van der Waals surface area contributed by atoms with Gasteiger partial charge in [0.15, 0.2) is 17.1 Å². The first kappa shape index (κ1) is 14.9. The number of hydrogen-bond donors (Lipinski definition) is 1. The normalized spacial score (nSPS) is 10.4. The maximum atomic E-state index is 11.9. The van der Waals surface area contributed by atoms with Gasteiger partial charge in [-0.3, -0.25) is 0 Å². The molecule has 7 heteroatoms. The zero-order chi connectivity index (χ0) is 16.4. The minimum absolute atomic E-state index is 0.0146. The molecule has 0 saturated carbocycles. The van der Waals surface area contributed by atoms with E-state index in [0.29, 0.717) is 9.71 Å². The van der Waals surface area contributed by atoms with Gasteiger partial charge in [0.1, 0.15) is 21.3 Å². The van der Waals surface area contributed by atoms with Crippen LogP contribution in [0.4, 0.5) is 0 Å². The third-order valence-electron chi connectivity index (χ3n) is 3.11. The van der Waals surface area contributed by atoms with Crippen LogP contribution in [0.5, 0.6) is 5.75 Å². The second-order valence-electron chi connectivity index (χ2n) is 4.55. The second-order valence-corrected chi connectivity index (χ2v) is 5.55. The molecular weight excluding hydrogens is 314 g/mol. The minimum Gasteiger partial charge on any atom is -0.504 e. The van der Waals surface area contributed by atoms with Crippen molar-refractivity contribution < 1.29 is 14.6 Å². The van der Waals surface area contributed by atoms with Crippen molar-refractivity contribution in [2.45, 2.75) is 6.92 Å². The summed E-state index contributed by atoms with van der Waals surface area (Å²) < 4.78 is 5.21. The number of pyridine rings is 1. The van der Waals surface area contributed by atoms with E-state index in [4.69, 9.17) is 4.74 Å². The van der Waals surface area contributed by atoms with Crippen LogP contribution < -0.4 is 0 Å². The van der Waals surface area contributed by atoms with Crippen molar-refractivity contribution in [1.29, 1.82) is 5.26 Å². The van der Waals surface area contributed by atoms with Crippen molar-refractivity contribution in [2.24, 2.45) is 0 Å². The topological polar surface area (TPSA) is 96.1 Å². The van der Waals surface area contributed by atoms with Crippen LogP contribution >= 0.6 is 11.3 Å². The van der Waals surface area contributed by atoms with E-state index in [1.54, 1.807) is 6.92 Å². The minimum atomic E-state index is -0.766. The summed E-state index contributed by atoms with van der Waals surface area (Å²) in [6, 6.07) is 11.3. The first-order valence-corrected chi connectivity index (χ1v) is 7.63. The Hall–Kier alpha value is -2.98. The third-order valence-corrected chi connectivity index (χ3v) is 4.22. The van der Waals surface area contributed by atoms with E-state index in [9.17, 15) is 15.2 Å². The van der Waals surface area contributed by atoms with Gasteiger partial charge in [-0.15, -0.1) is 11.3 Å². The summed E-state index contributed by atoms with van der Waals surface area (Å²) >= 11 is 1.20. The molecule has 0 bridgehead atoms. The molecule has 0 spiro atoms. The molecule has 0 radical (unpaired) electrons. The van der Waals surface area contributed by atoms with E-state index in [0.717, 1.165) is 5.56 Å². The van der Waals surface area contributed by atoms with E-state index < -0.39 is 5.97 Å². The van der Waals surface area contributed by atoms with Crippen LogP contribution in [-0.4, -0.2) is 27.7 Å². The molecule has 23 heavy (non-hydrogen) atoms. The number of ether oxygens (including phenoxy) is 1. The third kappa shape index (κ3) is 2.60. The molecular formula is C16H11N3O3S. The van der Waals surface area contributed by atoms with Crippen LogP contribution in [0.3, 0.4) is 0 Å². The Kier molecular flexibility index (Phi) is 3.91. The Morgan fingerprint density at radius 1 is 1.35 bits per heavy atom. The molecule has 2 heterocycles. The Bertz CT molecular complexity index is 929. The van der Waals surface area contributed by atoms with Gasteiger partial charge in [0.05, 0.1) is 6.61 Å². The summed E-state index contributed by atoms with van der Waals surface area (Å²) in [5.41, 5.74) is 0.857. The highest BCUT2D eigenvalue weighted by Gasteiger charge is 2.23. The van der Waals surface area contributed by atoms with Gasteiger partial charge in [-0.25, -0.2) is 14.8 Å². The van der Waals surface area contributed by atoms with E-state index in [2.05, 4.69) is 9.97 Å². The fraction of sp³-hybridized carbons (Fsp3) is 0.125. The average Bonchev–Trinajstić information content (AvgIpc) is 3.02. The monoisotopic (exact) mass is 325 g/mol. The van der Waals surface area contributed by atoms with Gasteiger partial charge in [0.2, 0.25) is 0 Å². The van der Waals surface area contributed by atoms with Crippen molar-refractivity contribution in [1.82, 2.24) is 9.97 Å². The molecule has 1 N–H and O–H groups in total. The van der Waals surface area contributed by atoms with Crippen molar-refractivity contribution in [2.75, 3.05) is 6.61 Å². The van der Waals surface area contributed by atoms with Crippen LogP contribution in [0, 0.1) is 11.3 Å². The first-order chi connectivity index (χ1) is 11.2. The first-order valence-electron chi connectivity index (χ1n) is 6.81. The lowest BCUT2D eigenvalue weighted by atomic mass is 10.2. The lowest BCUT2D eigenvalue weighted by molar-refractivity contribution is 0.0516. The van der Waals surface area contributed by atoms with E-state index in [1.165, 1.54) is 11.3 Å². The fourth-order valence-corrected chi connectivity index (χ4v) is 3.11. The maximum absolute atomic E-state index is 11.9. The second kappa shape index (κ2) is 6.02. The van der Waals surface area contributed by atoms with Crippen molar-refractivity contribution in [3.05, 3.63) is 41.7 Å². The molecule has 0 fully saturated rings. The van der Waals surface area contributed by atoms with E-state index >= 15 is 0 Å². The zero-order valence-electron chi connectivity index (χ0n) is 12.1. The fourth-order valence-electron chi connectivity index (χ4n) is 2.09.